The lowest BCUT2D eigenvalue weighted by molar-refractivity contribution is -0.139. The smallest absolute Gasteiger partial charge is 0.408 e. The SMILES string of the molecule is CC(C)(C)OC(=O)N[C@@H](Cn1cc(P(C)(C)=O)cn1)C(=O)O. The minimum atomic E-state index is -2.46. The summed E-state index contributed by atoms with van der Waals surface area (Å²) in [6.45, 7) is 8.16. The van der Waals surface area contributed by atoms with Crippen molar-refractivity contribution in [2.75, 3.05) is 13.3 Å². The van der Waals surface area contributed by atoms with Crippen LogP contribution in [0, 0.1) is 0 Å². The molecule has 2 N–H and O–H groups in total. The van der Waals surface area contributed by atoms with Gasteiger partial charge in [-0.25, -0.2) is 9.59 Å². The van der Waals surface area contributed by atoms with E-state index in [1.165, 1.54) is 17.1 Å². The molecular weight excluding hydrogens is 309 g/mol. The van der Waals surface area contributed by atoms with Crippen molar-refractivity contribution in [1.82, 2.24) is 15.1 Å². The maximum absolute atomic E-state index is 11.9. The predicted molar refractivity (Wildman–Crippen MR) is 82.1 cm³/mol. The molecule has 1 aromatic rings. The van der Waals surface area contributed by atoms with E-state index in [0.717, 1.165) is 0 Å². The van der Waals surface area contributed by atoms with Crippen LogP contribution in [-0.2, 0) is 20.6 Å². The van der Waals surface area contributed by atoms with E-state index in [1.807, 2.05) is 0 Å². The summed E-state index contributed by atoms with van der Waals surface area (Å²) in [6, 6.07) is -1.20. The monoisotopic (exact) mass is 331 g/mol. The van der Waals surface area contributed by atoms with Crippen LogP contribution in [0.4, 0.5) is 4.79 Å². The van der Waals surface area contributed by atoms with Gasteiger partial charge in [0.25, 0.3) is 0 Å². The van der Waals surface area contributed by atoms with Gasteiger partial charge in [-0.2, -0.15) is 5.10 Å². The van der Waals surface area contributed by atoms with Crippen LogP contribution in [0.3, 0.4) is 0 Å². The molecule has 1 heterocycles. The Morgan fingerprint density at radius 3 is 2.45 bits per heavy atom. The van der Waals surface area contributed by atoms with Crippen LogP contribution in [0.5, 0.6) is 0 Å². The Kier molecular flexibility index (Phi) is 5.40. The molecule has 1 rings (SSSR count). The number of amides is 1. The number of hydrogen-bond donors (Lipinski definition) is 2. The molecule has 0 radical (unpaired) electrons. The van der Waals surface area contributed by atoms with Gasteiger partial charge in [0.05, 0.1) is 12.7 Å². The fourth-order valence-electron chi connectivity index (χ4n) is 1.55. The molecule has 0 spiro atoms. The number of rotatable bonds is 5. The topological polar surface area (TPSA) is 111 Å². The minimum Gasteiger partial charge on any atom is -0.480 e. The lowest BCUT2D eigenvalue weighted by Gasteiger charge is -2.22. The number of aliphatic carboxylic acids is 1. The molecule has 0 aromatic carbocycles. The summed E-state index contributed by atoms with van der Waals surface area (Å²) < 4.78 is 18.3. The molecule has 124 valence electrons. The lowest BCUT2D eigenvalue weighted by Crippen LogP contribution is -2.45. The molecule has 0 aliphatic rings. The number of ether oxygens (including phenoxy) is 1. The van der Waals surface area contributed by atoms with Crippen LogP contribution in [0.1, 0.15) is 20.8 Å². The molecule has 0 aliphatic carbocycles. The minimum absolute atomic E-state index is 0.0887. The third kappa shape index (κ3) is 5.89. The average Bonchev–Trinajstić information content (AvgIpc) is 2.73. The zero-order chi connectivity index (χ0) is 17.1. The van der Waals surface area contributed by atoms with Crippen molar-refractivity contribution in [2.24, 2.45) is 0 Å². The van der Waals surface area contributed by atoms with Gasteiger partial charge in [-0.15, -0.1) is 0 Å². The largest absolute Gasteiger partial charge is 0.480 e. The van der Waals surface area contributed by atoms with E-state index in [2.05, 4.69) is 10.4 Å². The summed E-state index contributed by atoms with van der Waals surface area (Å²) in [5, 5.41) is 16.0. The summed E-state index contributed by atoms with van der Waals surface area (Å²) in [6.07, 6.45) is 2.14. The molecule has 8 nitrogen and oxygen atoms in total. The number of carbonyl (C=O) groups is 2. The van der Waals surface area contributed by atoms with Crippen LogP contribution in [0.25, 0.3) is 0 Å². The van der Waals surface area contributed by atoms with Gasteiger partial charge in [0.1, 0.15) is 18.8 Å². The molecule has 1 aromatic heterocycles. The number of alkyl carbamates (subject to hydrolysis) is 1. The van der Waals surface area contributed by atoms with Gasteiger partial charge in [0.15, 0.2) is 0 Å². The van der Waals surface area contributed by atoms with Crippen LogP contribution in [0.15, 0.2) is 12.4 Å². The molecule has 0 aliphatic heterocycles. The van der Waals surface area contributed by atoms with Crippen molar-refractivity contribution >= 4 is 24.5 Å². The van der Waals surface area contributed by atoms with Crippen molar-refractivity contribution in [3.8, 4) is 0 Å². The highest BCUT2D eigenvalue weighted by molar-refractivity contribution is 7.70. The molecule has 0 saturated heterocycles. The predicted octanol–water partition coefficient (Wildman–Crippen LogP) is 1.11. The summed E-state index contributed by atoms with van der Waals surface area (Å²) in [4.78, 5) is 22.9. The Morgan fingerprint density at radius 2 is 2.05 bits per heavy atom. The summed E-state index contributed by atoms with van der Waals surface area (Å²) in [5.41, 5.74) is -0.719. The second-order valence-electron chi connectivity index (χ2n) is 6.31. The number of nitrogens with one attached hydrogen (secondary N) is 1. The second-order valence-corrected chi connectivity index (χ2v) is 9.53. The molecule has 1 atom stereocenters. The highest BCUT2D eigenvalue weighted by Crippen LogP contribution is 2.33. The van der Waals surface area contributed by atoms with Gasteiger partial charge >= 0.3 is 12.1 Å². The van der Waals surface area contributed by atoms with Crippen molar-refractivity contribution in [1.29, 1.82) is 0 Å². The normalized spacial score (nSPS) is 13.5. The molecule has 0 fully saturated rings. The van der Waals surface area contributed by atoms with Gasteiger partial charge in [-0.05, 0) is 34.1 Å². The molecule has 1 amide bonds. The molecular formula is C13H22N3O5P. The number of hydrogen-bond acceptors (Lipinski definition) is 5. The maximum Gasteiger partial charge on any atom is 0.408 e. The van der Waals surface area contributed by atoms with Crippen LogP contribution in [-0.4, -0.2) is 51.9 Å². The number of carboxylic acids is 1. The Balaban J connectivity index is 2.77. The maximum atomic E-state index is 11.9. The zero-order valence-corrected chi connectivity index (χ0v) is 14.3. The van der Waals surface area contributed by atoms with Crippen molar-refractivity contribution < 1.29 is 24.0 Å². The standard InChI is InChI=1S/C13H22N3O5P/c1-13(2,3)21-12(19)15-10(11(17)18)8-16-7-9(6-14-16)22(4,5)20/h6-7,10H,8H2,1-5H3,(H,15,19)(H,17,18)/t10-/m0/s1. The summed E-state index contributed by atoms with van der Waals surface area (Å²) in [7, 11) is -2.46. The first-order chi connectivity index (χ1) is 9.88. The molecule has 0 saturated carbocycles. The van der Waals surface area contributed by atoms with Gasteiger partial charge in [-0.1, -0.05) is 0 Å². The first kappa shape index (κ1) is 18.2. The Labute approximate surface area is 129 Å². The van der Waals surface area contributed by atoms with Gasteiger partial charge < -0.3 is 19.7 Å². The van der Waals surface area contributed by atoms with E-state index < -0.39 is 30.8 Å². The highest BCUT2D eigenvalue weighted by Gasteiger charge is 2.25. The number of nitrogens with zero attached hydrogens (tertiary/aromatic N) is 2. The molecule has 9 heteroatoms. The molecule has 0 unspecified atom stereocenters. The van der Waals surface area contributed by atoms with E-state index in [9.17, 15) is 19.3 Å². The second kappa shape index (κ2) is 6.52. The average molecular weight is 331 g/mol. The quantitative estimate of drug-likeness (QED) is 0.782. The van der Waals surface area contributed by atoms with E-state index in [0.29, 0.717) is 5.30 Å². The van der Waals surface area contributed by atoms with Gasteiger partial charge in [-0.3, -0.25) is 4.68 Å². The Hall–Kier alpha value is -1.82. The fourth-order valence-corrected chi connectivity index (χ4v) is 2.29. The fraction of sp³-hybridized carbons (Fsp3) is 0.615. The Morgan fingerprint density at radius 1 is 1.45 bits per heavy atom. The number of carbonyl (C=O) groups excluding carboxylic acids is 1. The van der Waals surface area contributed by atoms with E-state index >= 15 is 0 Å². The van der Waals surface area contributed by atoms with E-state index in [-0.39, 0.29) is 6.54 Å². The van der Waals surface area contributed by atoms with Crippen molar-refractivity contribution in [3.05, 3.63) is 12.4 Å². The number of aromatic nitrogens is 2. The lowest BCUT2D eigenvalue weighted by atomic mass is 10.2. The number of carboxylic acid groups (broad SMARTS) is 1. The Bertz CT molecular complexity index is 599. The summed E-state index contributed by atoms with van der Waals surface area (Å²) >= 11 is 0. The van der Waals surface area contributed by atoms with Crippen LogP contribution in [0.2, 0.25) is 0 Å². The van der Waals surface area contributed by atoms with Gasteiger partial charge in [0, 0.05) is 11.5 Å². The van der Waals surface area contributed by atoms with Crippen LogP contribution >= 0.6 is 7.14 Å². The van der Waals surface area contributed by atoms with Crippen LogP contribution < -0.4 is 10.6 Å². The van der Waals surface area contributed by atoms with Crippen molar-refractivity contribution in [2.45, 2.75) is 39.0 Å². The van der Waals surface area contributed by atoms with Crippen molar-refractivity contribution in [3.63, 3.8) is 0 Å². The first-order valence-corrected chi connectivity index (χ1v) is 9.29. The zero-order valence-electron chi connectivity index (χ0n) is 13.4. The molecule has 22 heavy (non-hydrogen) atoms. The first-order valence-electron chi connectivity index (χ1n) is 6.69. The third-order valence-corrected chi connectivity index (χ3v) is 4.07. The summed E-state index contributed by atoms with van der Waals surface area (Å²) in [5.74, 6) is -1.21. The third-order valence-electron chi connectivity index (χ3n) is 2.60. The van der Waals surface area contributed by atoms with E-state index in [4.69, 9.17) is 4.74 Å². The highest BCUT2D eigenvalue weighted by atomic mass is 31.2. The van der Waals surface area contributed by atoms with E-state index in [1.54, 1.807) is 34.1 Å². The van der Waals surface area contributed by atoms with Gasteiger partial charge in [0.2, 0.25) is 0 Å². The molecule has 0 bridgehead atoms.